The van der Waals surface area contributed by atoms with E-state index in [-0.39, 0.29) is 0 Å². The predicted molar refractivity (Wildman–Crippen MR) is 67.1 cm³/mol. The highest BCUT2D eigenvalue weighted by atomic mass is 15.3. The molecule has 0 saturated carbocycles. The predicted octanol–water partition coefficient (Wildman–Crippen LogP) is 3.61. The number of aryl methyl sites for hydroxylation is 2. The first kappa shape index (κ1) is 10.9. The molecule has 1 aromatic carbocycles. The van der Waals surface area contributed by atoms with Crippen LogP contribution >= 0.6 is 0 Å². The van der Waals surface area contributed by atoms with Gasteiger partial charge in [-0.25, -0.2) is 4.68 Å². The van der Waals surface area contributed by atoms with Crippen LogP contribution in [0, 0.1) is 13.8 Å². The molecule has 1 heterocycles. The number of para-hydroxylation sites is 1. The van der Waals surface area contributed by atoms with Gasteiger partial charge in [-0.15, -0.1) is 0 Å². The smallest absolute Gasteiger partial charge is 0.0683 e. The molecule has 2 nitrogen and oxygen atoms in total. The van der Waals surface area contributed by atoms with Gasteiger partial charge in [0.2, 0.25) is 0 Å². The highest BCUT2D eigenvalue weighted by Crippen LogP contribution is 2.23. The Labute approximate surface area is 96.9 Å². The van der Waals surface area contributed by atoms with Gasteiger partial charge in [-0.3, -0.25) is 0 Å². The minimum absolute atomic E-state index is 0.514. The molecule has 0 saturated heterocycles. The fourth-order valence-electron chi connectivity index (χ4n) is 2.04. The topological polar surface area (TPSA) is 17.8 Å². The van der Waals surface area contributed by atoms with Crippen molar-refractivity contribution in [3.63, 3.8) is 0 Å². The SMILES string of the molecule is Cc1cc(C)n(-c2ccccc2C(C)C)n1. The Kier molecular flexibility index (Phi) is 2.82. The van der Waals surface area contributed by atoms with E-state index < -0.39 is 0 Å². The van der Waals surface area contributed by atoms with Crippen molar-refractivity contribution in [3.05, 3.63) is 47.3 Å². The molecule has 0 fully saturated rings. The van der Waals surface area contributed by atoms with E-state index in [4.69, 9.17) is 0 Å². The zero-order valence-corrected chi connectivity index (χ0v) is 10.4. The van der Waals surface area contributed by atoms with Crippen molar-refractivity contribution >= 4 is 0 Å². The third kappa shape index (κ3) is 1.87. The Morgan fingerprint density at radius 2 is 1.81 bits per heavy atom. The first-order chi connectivity index (χ1) is 7.59. The van der Waals surface area contributed by atoms with Crippen LogP contribution in [0.4, 0.5) is 0 Å². The van der Waals surface area contributed by atoms with Crippen LogP contribution in [-0.4, -0.2) is 9.78 Å². The molecule has 0 spiro atoms. The largest absolute Gasteiger partial charge is 0.238 e. The lowest BCUT2D eigenvalue weighted by Gasteiger charge is -2.13. The molecule has 2 heteroatoms. The van der Waals surface area contributed by atoms with Gasteiger partial charge in [-0.1, -0.05) is 32.0 Å². The first-order valence-electron chi connectivity index (χ1n) is 5.72. The maximum absolute atomic E-state index is 4.54. The average Bonchev–Trinajstić information content (AvgIpc) is 2.57. The van der Waals surface area contributed by atoms with Crippen molar-refractivity contribution in [2.24, 2.45) is 0 Å². The van der Waals surface area contributed by atoms with Crippen LogP contribution in [0.5, 0.6) is 0 Å². The monoisotopic (exact) mass is 214 g/mol. The molecule has 16 heavy (non-hydrogen) atoms. The summed E-state index contributed by atoms with van der Waals surface area (Å²) in [5.41, 5.74) is 4.79. The first-order valence-corrected chi connectivity index (χ1v) is 5.72. The minimum Gasteiger partial charge on any atom is -0.238 e. The van der Waals surface area contributed by atoms with Gasteiger partial charge in [-0.2, -0.15) is 5.10 Å². The zero-order valence-electron chi connectivity index (χ0n) is 10.4. The second-order valence-corrected chi connectivity index (χ2v) is 4.55. The standard InChI is InChI=1S/C14H18N2/c1-10(2)13-7-5-6-8-14(13)16-12(4)9-11(3)15-16/h5-10H,1-4H3. The second kappa shape index (κ2) is 4.12. The minimum atomic E-state index is 0.514. The third-order valence-electron chi connectivity index (χ3n) is 2.80. The van der Waals surface area contributed by atoms with Gasteiger partial charge >= 0.3 is 0 Å². The van der Waals surface area contributed by atoms with Crippen molar-refractivity contribution in [1.29, 1.82) is 0 Å². The van der Waals surface area contributed by atoms with Crippen molar-refractivity contribution in [2.75, 3.05) is 0 Å². The van der Waals surface area contributed by atoms with E-state index in [1.54, 1.807) is 0 Å². The quantitative estimate of drug-likeness (QED) is 0.746. The molecule has 0 aliphatic rings. The lowest BCUT2D eigenvalue weighted by Crippen LogP contribution is -2.04. The summed E-state index contributed by atoms with van der Waals surface area (Å²) >= 11 is 0. The molecule has 0 unspecified atom stereocenters. The van der Waals surface area contributed by atoms with Crippen molar-refractivity contribution < 1.29 is 0 Å². The van der Waals surface area contributed by atoms with E-state index in [0.29, 0.717) is 5.92 Å². The highest BCUT2D eigenvalue weighted by Gasteiger charge is 2.10. The molecule has 0 atom stereocenters. The second-order valence-electron chi connectivity index (χ2n) is 4.55. The van der Waals surface area contributed by atoms with Gasteiger partial charge in [0.1, 0.15) is 0 Å². The lowest BCUT2D eigenvalue weighted by molar-refractivity contribution is 0.786. The van der Waals surface area contributed by atoms with Gasteiger partial charge in [-0.05, 0) is 37.5 Å². The summed E-state index contributed by atoms with van der Waals surface area (Å²) in [5, 5.41) is 4.54. The number of hydrogen-bond acceptors (Lipinski definition) is 1. The lowest BCUT2D eigenvalue weighted by atomic mass is 10.0. The molecule has 1 aromatic heterocycles. The van der Waals surface area contributed by atoms with Gasteiger partial charge in [0.15, 0.2) is 0 Å². The summed E-state index contributed by atoms with van der Waals surface area (Å²) < 4.78 is 2.03. The van der Waals surface area contributed by atoms with Crippen LogP contribution in [0.1, 0.15) is 36.7 Å². The highest BCUT2D eigenvalue weighted by molar-refractivity contribution is 5.43. The average molecular weight is 214 g/mol. The van der Waals surface area contributed by atoms with Crippen molar-refractivity contribution in [3.8, 4) is 5.69 Å². The Balaban J connectivity index is 2.59. The Morgan fingerprint density at radius 3 is 2.38 bits per heavy atom. The van der Waals surface area contributed by atoms with Crippen LogP contribution in [-0.2, 0) is 0 Å². The molecule has 0 amide bonds. The van der Waals surface area contributed by atoms with E-state index in [1.165, 1.54) is 16.9 Å². The Hall–Kier alpha value is -1.57. The summed E-state index contributed by atoms with van der Waals surface area (Å²) in [6.45, 7) is 8.55. The van der Waals surface area contributed by atoms with Crippen LogP contribution in [0.2, 0.25) is 0 Å². The van der Waals surface area contributed by atoms with Crippen LogP contribution < -0.4 is 0 Å². The van der Waals surface area contributed by atoms with Gasteiger partial charge in [0, 0.05) is 5.69 Å². The van der Waals surface area contributed by atoms with Crippen LogP contribution in [0.15, 0.2) is 30.3 Å². The number of nitrogens with zero attached hydrogens (tertiary/aromatic N) is 2. The molecule has 0 aliphatic carbocycles. The summed E-state index contributed by atoms with van der Waals surface area (Å²) in [7, 11) is 0. The summed E-state index contributed by atoms with van der Waals surface area (Å²) in [4.78, 5) is 0. The number of rotatable bonds is 2. The van der Waals surface area contributed by atoms with Crippen LogP contribution in [0.3, 0.4) is 0 Å². The summed E-state index contributed by atoms with van der Waals surface area (Å²) in [6, 6.07) is 10.6. The van der Waals surface area contributed by atoms with Gasteiger partial charge < -0.3 is 0 Å². The maximum atomic E-state index is 4.54. The number of benzene rings is 1. The number of hydrogen-bond donors (Lipinski definition) is 0. The van der Waals surface area contributed by atoms with Crippen molar-refractivity contribution in [1.82, 2.24) is 9.78 Å². The Bertz CT molecular complexity index is 495. The molecular formula is C14H18N2. The van der Waals surface area contributed by atoms with Gasteiger partial charge in [0.25, 0.3) is 0 Å². The normalized spacial score (nSPS) is 11.1. The van der Waals surface area contributed by atoms with Crippen LogP contribution in [0.25, 0.3) is 5.69 Å². The molecule has 2 aromatic rings. The van der Waals surface area contributed by atoms with Crippen molar-refractivity contribution in [2.45, 2.75) is 33.6 Å². The molecule has 0 aliphatic heterocycles. The molecule has 2 rings (SSSR count). The fourth-order valence-corrected chi connectivity index (χ4v) is 2.04. The van der Waals surface area contributed by atoms with E-state index in [9.17, 15) is 0 Å². The Morgan fingerprint density at radius 1 is 1.12 bits per heavy atom. The maximum Gasteiger partial charge on any atom is 0.0683 e. The number of aromatic nitrogens is 2. The fraction of sp³-hybridized carbons (Fsp3) is 0.357. The van der Waals surface area contributed by atoms with E-state index >= 15 is 0 Å². The van der Waals surface area contributed by atoms with E-state index in [0.717, 1.165) is 5.69 Å². The van der Waals surface area contributed by atoms with E-state index in [2.05, 4.69) is 56.2 Å². The summed E-state index contributed by atoms with van der Waals surface area (Å²) in [5.74, 6) is 0.514. The molecule has 84 valence electrons. The molecule has 0 N–H and O–H groups in total. The molecule has 0 radical (unpaired) electrons. The molecular weight excluding hydrogens is 196 g/mol. The summed E-state index contributed by atoms with van der Waals surface area (Å²) in [6.07, 6.45) is 0. The van der Waals surface area contributed by atoms with E-state index in [1.807, 2.05) is 11.6 Å². The molecule has 0 bridgehead atoms. The third-order valence-corrected chi connectivity index (χ3v) is 2.80. The zero-order chi connectivity index (χ0) is 11.7. The van der Waals surface area contributed by atoms with Gasteiger partial charge in [0.05, 0.1) is 11.4 Å².